The summed E-state index contributed by atoms with van der Waals surface area (Å²) in [7, 11) is 0. The van der Waals surface area contributed by atoms with E-state index in [1.54, 1.807) is 6.92 Å². The molecule has 0 heterocycles. The quantitative estimate of drug-likeness (QED) is 0.770. The third kappa shape index (κ3) is 3.57. The number of carbonyl (C=O) groups is 1. The van der Waals surface area contributed by atoms with Gasteiger partial charge in [-0.2, -0.15) is 0 Å². The first-order chi connectivity index (χ1) is 7.95. The van der Waals surface area contributed by atoms with Crippen molar-refractivity contribution in [3.63, 3.8) is 0 Å². The minimum atomic E-state index is -0.701. The molecule has 17 heavy (non-hydrogen) atoms. The molecule has 0 aliphatic rings. The van der Waals surface area contributed by atoms with E-state index in [9.17, 15) is 14.3 Å². The number of aliphatic hydroxyl groups is 1. The number of nitrogens with one attached hydrogen (secondary N) is 1. The number of aliphatic hydroxyl groups excluding tert-OH is 1. The van der Waals surface area contributed by atoms with E-state index in [4.69, 9.17) is 16.7 Å². The molecule has 1 unspecified atom stereocenters. The Morgan fingerprint density at radius 1 is 1.59 bits per heavy atom. The number of rotatable bonds is 4. The number of hydrogen-bond acceptors (Lipinski definition) is 3. The van der Waals surface area contributed by atoms with Crippen molar-refractivity contribution < 1.29 is 19.4 Å². The Hall–Kier alpha value is -1.33. The Labute approximate surface area is 103 Å². The van der Waals surface area contributed by atoms with Gasteiger partial charge in [0.25, 0.3) is 5.91 Å². The standard InChI is InChI=1S/C11H13ClFNO3/c1-6(5-15)4-14-11(17)8-2-7(13)3-9(12)10(8)16/h2-3,6,15-16H,4-5H2,1H3,(H,14,17). The smallest absolute Gasteiger partial charge is 0.255 e. The lowest BCUT2D eigenvalue weighted by atomic mass is 10.1. The van der Waals surface area contributed by atoms with Crippen molar-refractivity contribution >= 4 is 17.5 Å². The molecule has 3 N–H and O–H groups in total. The van der Waals surface area contributed by atoms with E-state index in [0.717, 1.165) is 12.1 Å². The van der Waals surface area contributed by atoms with Crippen LogP contribution < -0.4 is 5.32 Å². The molecule has 0 bridgehead atoms. The Bertz CT molecular complexity index is 425. The molecule has 6 heteroatoms. The van der Waals surface area contributed by atoms with Crippen LogP contribution in [-0.4, -0.2) is 29.3 Å². The van der Waals surface area contributed by atoms with Gasteiger partial charge < -0.3 is 15.5 Å². The van der Waals surface area contributed by atoms with Crippen molar-refractivity contribution in [1.29, 1.82) is 0 Å². The van der Waals surface area contributed by atoms with Gasteiger partial charge in [0.05, 0.1) is 10.6 Å². The molecular formula is C11H13ClFNO3. The fourth-order valence-corrected chi connectivity index (χ4v) is 1.37. The molecule has 1 atom stereocenters. The second-order valence-corrected chi connectivity index (χ2v) is 4.19. The summed E-state index contributed by atoms with van der Waals surface area (Å²) >= 11 is 5.54. The van der Waals surface area contributed by atoms with Crippen LogP contribution in [0.5, 0.6) is 5.75 Å². The van der Waals surface area contributed by atoms with E-state index >= 15 is 0 Å². The maximum Gasteiger partial charge on any atom is 0.255 e. The molecule has 0 saturated heterocycles. The van der Waals surface area contributed by atoms with Gasteiger partial charge in [0.15, 0.2) is 0 Å². The number of phenols is 1. The van der Waals surface area contributed by atoms with Crippen LogP contribution in [0.15, 0.2) is 12.1 Å². The first kappa shape index (κ1) is 13.7. The lowest BCUT2D eigenvalue weighted by Crippen LogP contribution is -2.29. The molecule has 0 aliphatic carbocycles. The van der Waals surface area contributed by atoms with Crippen LogP contribution >= 0.6 is 11.6 Å². The van der Waals surface area contributed by atoms with Gasteiger partial charge in [-0.05, 0) is 18.1 Å². The van der Waals surface area contributed by atoms with Gasteiger partial charge in [-0.1, -0.05) is 18.5 Å². The van der Waals surface area contributed by atoms with E-state index in [2.05, 4.69) is 5.32 Å². The van der Waals surface area contributed by atoms with Crippen LogP contribution in [0, 0.1) is 11.7 Å². The molecule has 1 rings (SSSR count). The summed E-state index contributed by atoms with van der Waals surface area (Å²) in [5, 5.41) is 20.5. The van der Waals surface area contributed by atoms with Crippen molar-refractivity contribution in [1.82, 2.24) is 5.32 Å². The summed E-state index contributed by atoms with van der Waals surface area (Å²) in [6.45, 7) is 1.89. The van der Waals surface area contributed by atoms with Crippen molar-refractivity contribution in [3.8, 4) is 5.75 Å². The topological polar surface area (TPSA) is 69.6 Å². The molecule has 1 amide bonds. The van der Waals surface area contributed by atoms with Gasteiger partial charge in [0.1, 0.15) is 11.6 Å². The predicted molar refractivity (Wildman–Crippen MR) is 61.7 cm³/mol. The number of benzene rings is 1. The molecule has 4 nitrogen and oxygen atoms in total. The highest BCUT2D eigenvalue weighted by Crippen LogP contribution is 2.28. The molecule has 0 aromatic heterocycles. The minimum Gasteiger partial charge on any atom is -0.506 e. The van der Waals surface area contributed by atoms with Crippen molar-refractivity contribution in [2.45, 2.75) is 6.92 Å². The summed E-state index contributed by atoms with van der Waals surface area (Å²) in [5.74, 6) is -1.91. The maximum absolute atomic E-state index is 13.0. The average Bonchev–Trinajstić information content (AvgIpc) is 2.30. The summed E-state index contributed by atoms with van der Waals surface area (Å²) in [6.07, 6.45) is 0. The lowest BCUT2D eigenvalue weighted by molar-refractivity contribution is 0.0939. The monoisotopic (exact) mass is 261 g/mol. The van der Waals surface area contributed by atoms with E-state index in [1.807, 2.05) is 0 Å². The van der Waals surface area contributed by atoms with E-state index in [1.165, 1.54) is 0 Å². The number of aromatic hydroxyl groups is 1. The SMILES string of the molecule is CC(CO)CNC(=O)c1cc(F)cc(Cl)c1O. The van der Waals surface area contributed by atoms with Gasteiger partial charge in [-0.25, -0.2) is 4.39 Å². The van der Waals surface area contributed by atoms with Gasteiger partial charge in [-0.3, -0.25) is 4.79 Å². The highest BCUT2D eigenvalue weighted by molar-refractivity contribution is 6.32. The number of hydrogen-bond donors (Lipinski definition) is 3. The molecule has 0 fully saturated rings. The van der Waals surface area contributed by atoms with Gasteiger partial charge in [-0.15, -0.1) is 0 Å². The van der Waals surface area contributed by atoms with Crippen LogP contribution in [0.1, 0.15) is 17.3 Å². The number of amides is 1. The first-order valence-electron chi connectivity index (χ1n) is 5.02. The van der Waals surface area contributed by atoms with E-state index < -0.39 is 17.5 Å². The molecule has 0 aliphatic heterocycles. The van der Waals surface area contributed by atoms with Crippen molar-refractivity contribution in [2.75, 3.05) is 13.2 Å². The lowest BCUT2D eigenvalue weighted by Gasteiger charge is -2.11. The van der Waals surface area contributed by atoms with Crippen LogP contribution in [0.2, 0.25) is 5.02 Å². The highest BCUT2D eigenvalue weighted by atomic mass is 35.5. The van der Waals surface area contributed by atoms with Gasteiger partial charge in [0, 0.05) is 13.2 Å². The highest BCUT2D eigenvalue weighted by Gasteiger charge is 2.16. The van der Waals surface area contributed by atoms with Crippen LogP contribution in [0.3, 0.4) is 0 Å². The summed E-state index contributed by atoms with van der Waals surface area (Å²) in [5.41, 5.74) is -0.222. The fraction of sp³-hybridized carbons (Fsp3) is 0.364. The zero-order valence-electron chi connectivity index (χ0n) is 9.20. The molecule has 1 aromatic rings. The van der Waals surface area contributed by atoms with Gasteiger partial charge in [0.2, 0.25) is 0 Å². The molecule has 0 radical (unpaired) electrons. The normalized spacial score (nSPS) is 12.2. The predicted octanol–water partition coefficient (Wildman–Crippen LogP) is 1.54. The third-order valence-corrected chi connectivity index (χ3v) is 2.48. The maximum atomic E-state index is 13.0. The Balaban J connectivity index is 2.82. The third-order valence-electron chi connectivity index (χ3n) is 2.20. The van der Waals surface area contributed by atoms with Crippen molar-refractivity contribution in [3.05, 3.63) is 28.5 Å². The summed E-state index contributed by atoms with van der Waals surface area (Å²) < 4.78 is 13.0. The van der Waals surface area contributed by atoms with Gasteiger partial charge >= 0.3 is 0 Å². The second kappa shape index (κ2) is 5.84. The molecule has 1 aromatic carbocycles. The second-order valence-electron chi connectivity index (χ2n) is 3.78. The van der Waals surface area contributed by atoms with Crippen LogP contribution in [0.25, 0.3) is 0 Å². The van der Waals surface area contributed by atoms with E-state index in [-0.39, 0.29) is 29.7 Å². The first-order valence-corrected chi connectivity index (χ1v) is 5.40. The zero-order chi connectivity index (χ0) is 13.0. The Kier molecular flexibility index (Phi) is 4.72. The summed E-state index contributed by atoms with van der Waals surface area (Å²) in [6, 6.07) is 1.82. The number of phenolic OH excluding ortho intramolecular Hbond substituents is 1. The molecular weight excluding hydrogens is 249 g/mol. The molecule has 0 saturated carbocycles. The zero-order valence-corrected chi connectivity index (χ0v) is 9.96. The fourth-order valence-electron chi connectivity index (χ4n) is 1.17. The summed E-state index contributed by atoms with van der Waals surface area (Å²) in [4.78, 5) is 11.6. The Morgan fingerprint density at radius 3 is 2.82 bits per heavy atom. The molecule has 94 valence electrons. The number of halogens is 2. The van der Waals surface area contributed by atoms with E-state index in [0.29, 0.717) is 0 Å². The number of carbonyl (C=O) groups excluding carboxylic acids is 1. The Morgan fingerprint density at radius 2 is 2.24 bits per heavy atom. The minimum absolute atomic E-state index is 0.0732. The largest absolute Gasteiger partial charge is 0.506 e. The average molecular weight is 262 g/mol. The molecule has 0 spiro atoms. The van der Waals surface area contributed by atoms with Crippen LogP contribution in [-0.2, 0) is 0 Å². The van der Waals surface area contributed by atoms with Crippen LogP contribution in [0.4, 0.5) is 4.39 Å². The van der Waals surface area contributed by atoms with Crippen molar-refractivity contribution in [2.24, 2.45) is 5.92 Å².